The minimum Gasteiger partial charge on any atom is -0.367 e. The van der Waals surface area contributed by atoms with Gasteiger partial charge in [0.25, 0.3) is 0 Å². The van der Waals surface area contributed by atoms with E-state index in [1.54, 1.807) is 0 Å². The van der Waals surface area contributed by atoms with Crippen LogP contribution in [0, 0.1) is 5.92 Å². The van der Waals surface area contributed by atoms with Crippen molar-refractivity contribution in [1.82, 2.24) is 0 Å². The first kappa shape index (κ1) is 17.8. The number of Topliss-reactive ketones (excluding diaryl/α,β-unsaturated/α-hetero) is 1. The number of nitrogens with zero attached hydrogens (tertiary/aromatic N) is 3. The van der Waals surface area contributed by atoms with Crippen molar-refractivity contribution in [2.75, 3.05) is 13.2 Å². The minimum absolute atomic E-state index is 0.0264. The van der Waals surface area contributed by atoms with Crippen LogP contribution in [-0.4, -0.2) is 43.5 Å². The Morgan fingerprint density at radius 2 is 2.12 bits per heavy atom. The number of rotatable bonds is 5. The van der Waals surface area contributed by atoms with Crippen LogP contribution in [0.1, 0.15) is 25.7 Å². The minimum atomic E-state index is -0.691. The number of hydrogen-bond donors (Lipinski definition) is 0. The number of carbonyl (C=O) groups excluding carboxylic acids is 1. The van der Waals surface area contributed by atoms with E-state index in [0.29, 0.717) is 0 Å². The maximum atomic E-state index is 11.3. The highest BCUT2D eigenvalue weighted by atomic mass is 16.7. The Hall–Kier alpha value is -1.96. The second-order valence-electron chi connectivity index (χ2n) is 6.28. The summed E-state index contributed by atoms with van der Waals surface area (Å²) in [4.78, 5) is 14.2. The molecule has 0 N–H and O–H groups in total. The molecule has 0 saturated carbocycles. The number of fused-ring (bicyclic) bond motifs is 1. The van der Waals surface area contributed by atoms with Crippen molar-refractivity contribution in [1.29, 1.82) is 0 Å². The molecule has 1 aromatic rings. The number of ketones is 1. The van der Waals surface area contributed by atoms with Crippen LogP contribution in [0.25, 0.3) is 10.4 Å². The lowest BCUT2D eigenvalue weighted by molar-refractivity contribution is -0.324. The van der Waals surface area contributed by atoms with Crippen molar-refractivity contribution in [3.8, 4) is 0 Å². The van der Waals surface area contributed by atoms with E-state index >= 15 is 0 Å². The summed E-state index contributed by atoms with van der Waals surface area (Å²) in [5.74, 6) is -0.340. The van der Waals surface area contributed by atoms with Gasteiger partial charge in [-0.05, 0) is 12.5 Å². The first-order valence-corrected chi connectivity index (χ1v) is 8.23. The van der Waals surface area contributed by atoms with Crippen molar-refractivity contribution in [2.24, 2.45) is 11.0 Å². The Labute approximate surface area is 145 Å². The van der Waals surface area contributed by atoms with E-state index in [4.69, 9.17) is 24.5 Å². The van der Waals surface area contributed by atoms with Gasteiger partial charge in [-0.2, -0.15) is 0 Å². The molecule has 2 fully saturated rings. The third-order valence-corrected chi connectivity index (χ3v) is 4.38. The normalized spacial score (nSPS) is 34.6. The summed E-state index contributed by atoms with van der Waals surface area (Å²) < 4.78 is 23.5. The van der Waals surface area contributed by atoms with Gasteiger partial charge in [0.1, 0.15) is 25.0 Å². The van der Waals surface area contributed by atoms with Crippen LogP contribution in [0.4, 0.5) is 0 Å². The maximum Gasteiger partial charge on any atom is 0.184 e. The number of hydrogen-bond acceptors (Lipinski definition) is 6. The average Bonchev–Trinajstić information content (AvgIpc) is 2.62. The molecule has 0 aromatic heterocycles. The van der Waals surface area contributed by atoms with Crippen LogP contribution in [0.3, 0.4) is 0 Å². The van der Waals surface area contributed by atoms with Gasteiger partial charge >= 0.3 is 0 Å². The molecule has 0 spiro atoms. The molecule has 3 unspecified atom stereocenters. The van der Waals surface area contributed by atoms with Gasteiger partial charge in [0.05, 0.1) is 12.7 Å². The summed E-state index contributed by atoms with van der Waals surface area (Å²) in [6, 6.07) is 9.59. The second kappa shape index (κ2) is 7.95. The van der Waals surface area contributed by atoms with Crippen LogP contribution in [0.2, 0.25) is 0 Å². The third-order valence-electron chi connectivity index (χ3n) is 4.38. The lowest BCUT2D eigenvalue weighted by Gasteiger charge is -2.47. The molecule has 1 aromatic carbocycles. The van der Waals surface area contributed by atoms with Gasteiger partial charge in [0.2, 0.25) is 0 Å². The monoisotopic (exact) mass is 347 g/mol. The standard InChI is InChI=1S/C17H21N3O5/c1-10(21)8-22-14-11(2)16(19-20-18)24-13-9-23-17(25-15(13)14)12-6-4-3-5-7-12/h3-7,11,13-17H,8-9H2,1-2H3/t11?,13?,14-,15+,16-,17?/m1/s1. The summed E-state index contributed by atoms with van der Waals surface area (Å²) >= 11 is 0. The van der Waals surface area contributed by atoms with Crippen molar-refractivity contribution >= 4 is 5.78 Å². The molecule has 0 radical (unpaired) electrons. The maximum absolute atomic E-state index is 11.3. The molecule has 0 amide bonds. The van der Waals surface area contributed by atoms with Crippen LogP contribution in [0.15, 0.2) is 35.4 Å². The highest BCUT2D eigenvalue weighted by Gasteiger charge is 2.48. The molecule has 134 valence electrons. The smallest absolute Gasteiger partial charge is 0.184 e. The van der Waals surface area contributed by atoms with Gasteiger partial charge in [-0.25, -0.2) is 0 Å². The summed E-state index contributed by atoms with van der Waals surface area (Å²) in [6.07, 6.45) is -2.50. The summed E-state index contributed by atoms with van der Waals surface area (Å²) in [7, 11) is 0. The summed E-state index contributed by atoms with van der Waals surface area (Å²) in [5.41, 5.74) is 9.65. The van der Waals surface area contributed by atoms with Gasteiger partial charge in [-0.15, -0.1) is 0 Å². The number of carbonyl (C=O) groups is 1. The second-order valence-corrected chi connectivity index (χ2v) is 6.28. The lowest BCUT2D eigenvalue weighted by atomic mass is 9.90. The molecule has 6 atom stereocenters. The molecule has 0 aliphatic carbocycles. The molecule has 8 nitrogen and oxygen atoms in total. The van der Waals surface area contributed by atoms with Crippen molar-refractivity contribution in [2.45, 2.75) is 44.7 Å². The Balaban J connectivity index is 1.80. The van der Waals surface area contributed by atoms with E-state index in [1.807, 2.05) is 37.3 Å². The molecule has 2 saturated heterocycles. The molecular weight excluding hydrogens is 326 g/mol. The van der Waals surface area contributed by atoms with Gasteiger partial charge in [-0.1, -0.05) is 42.4 Å². The van der Waals surface area contributed by atoms with Gasteiger partial charge in [0, 0.05) is 16.4 Å². The van der Waals surface area contributed by atoms with E-state index < -0.39 is 30.8 Å². The van der Waals surface area contributed by atoms with E-state index in [2.05, 4.69) is 10.0 Å². The van der Waals surface area contributed by atoms with Gasteiger partial charge < -0.3 is 18.9 Å². The van der Waals surface area contributed by atoms with Gasteiger partial charge in [-0.3, -0.25) is 4.79 Å². The summed E-state index contributed by atoms with van der Waals surface area (Å²) in [6.45, 7) is 3.58. The van der Waals surface area contributed by atoms with Crippen molar-refractivity contribution < 1.29 is 23.7 Å². The molecule has 0 bridgehead atoms. The fourth-order valence-electron chi connectivity index (χ4n) is 3.15. The van der Waals surface area contributed by atoms with Crippen LogP contribution >= 0.6 is 0 Å². The van der Waals surface area contributed by atoms with E-state index in [1.165, 1.54) is 6.92 Å². The Morgan fingerprint density at radius 1 is 1.36 bits per heavy atom. The highest BCUT2D eigenvalue weighted by molar-refractivity contribution is 5.76. The fourth-order valence-corrected chi connectivity index (χ4v) is 3.15. The van der Waals surface area contributed by atoms with E-state index in [0.717, 1.165) is 5.56 Å². The Morgan fingerprint density at radius 3 is 2.80 bits per heavy atom. The third kappa shape index (κ3) is 4.00. The lowest BCUT2D eigenvalue weighted by Crippen LogP contribution is -2.59. The Bertz CT molecular complexity index is 649. The van der Waals surface area contributed by atoms with Crippen molar-refractivity contribution in [3.63, 3.8) is 0 Å². The summed E-state index contributed by atoms with van der Waals surface area (Å²) in [5, 5.41) is 3.69. The number of azide groups is 1. The fraction of sp³-hybridized carbons (Fsp3) is 0.588. The van der Waals surface area contributed by atoms with Crippen LogP contribution in [-0.2, 0) is 23.7 Å². The average molecular weight is 347 g/mol. The molecule has 2 aliphatic heterocycles. The SMILES string of the molecule is CC(=O)CO[C@@H]1C(C)[C@H](N=[N+]=[N-])OC2COC(c3ccccc3)O[C@@H]21. The van der Waals surface area contributed by atoms with Crippen LogP contribution < -0.4 is 0 Å². The predicted octanol–water partition coefficient (Wildman–Crippen LogP) is 2.75. The van der Waals surface area contributed by atoms with E-state index in [-0.39, 0.29) is 24.9 Å². The zero-order valence-corrected chi connectivity index (χ0v) is 14.1. The molecule has 3 rings (SSSR count). The van der Waals surface area contributed by atoms with Crippen molar-refractivity contribution in [3.05, 3.63) is 46.3 Å². The highest BCUT2D eigenvalue weighted by Crippen LogP contribution is 2.37. The van der Waals surface area contributed by atoms with Gasteiger partial charge in [0.15, 0.2) is 12.1 Å². The zero-order chi connectivity index (χ0) is 17.8. The van der Waals surface area contributed by atoms with Crippen LogP contribution in [0.5, 0.6) is 0 Å². The molecular formula is C17H21N3O5. The molecule has 2 heterocycles. The molecule has 2 aliphatic rings. The predicted molar refractivity (Wildman–Crippen MR) is 87.4 cm³/mol. The largest absolute Gasteiger partial charge is 0.367 e. The first-order valence-electron chi connectivity index (χ1n) is 8.23. The Kier molecular flexibility index (Phi) is 5.67. The zero-order valence-electron chi connectivity index (χ0n) is 14.1. The quantitative estimate of drug-likeness (QED) is 0.463. The topological polar surface area (TPSA) is 103 Å². The molecule has 25 heavy (non-hydrogen) atoms. The number of benzene rings is 1. The van der Waals surface area contributed by atoms with E-state index in [9.17, 15) is 4.79 Å². The molecule has 8 heteroatoms. The first-order chi connectivity index (χ1) is 12.1. The number of ether oxygens (including phenoxy) is 4.